The normalized spacial score (nSPS) is 24.5. The van der Waals surface area contributed by atoms with E-state index >= 15 is 0 Å². The first kappa shape index (κ1) is 81.3. The molecule has 1 heterocycles. The highest BCUT2D eigenvalue weighted by Gasteiger charge is 2.55. The van der Waals surface area contributed by atoms with Crippen LogP contribution in [0.15, 0.2) is 133 Å². The lowest BCUT2D eigenvalue weighted by Gasteiger charge is -2.53. The van der Waals surface area contributed by atoms with Gasteiger partial charge in [0.05, 0.1) is 61.4 Å². The molecule has 4 aromatic rings. The van der Waals surface area contributed by atoms with Gasteiger partial charge in [0.25, 0.3) is 0 Å². The summed E-state index contributed by atoms with van der Waals surface area (Å²) in [4.78, 5) is 87.1. The molecule has 18 nitrogen and oxygen atoms in total. The van der Waals surface area contributed by atoms with Crippen molar-refractivity contribution in [3.8, 4) is 0 Å². The second kappa shape index (κ2) is 46.3. The Morgan fingerprint density at radius 1 is 0.462 bits per heavy atom. The number of amides is 2. The van der Waals surface area contributed by atoms with Gasteiger partial charge < -0.3 is 48.5 Å². The monoisotopic (exact) mass is 1440 g/mol. The Morgan fingerprint density at radius 2 is 0.942 bits per heavy atom. The van der Waals surface area contributed by atoms with Gasteiger partial charge in [-0.25, -0.2) is 24.7 Å². The molecule has 4 saturated carbocycles. The van der Waals surface area contributed by atoms with Crippen LogP contribution in [0.1, 0.15) is 241 Å². The van der Waals surface area contributed by atoms with Crippen LogP contribution in [0, 0.1) is 47.3 Å². The molecule has 1 aliphatic heterocycles. The zero-order valence-corrected chi connectivity index (χ0v) is 62.3. The summed E-state index contributed by atoms with van der Waals surface area (Å²) in [5.41, 5.74) is 4.16. The molecule has 570 valence electrons. The lowest BCUT2D eigenvalue weighted by atomic mass is 9.53. The minimum atomic E-state index is -1.57. The Labute approximate surface area is 619 Å². The number of fused-ring (bicyclic) bond motifs is 5. The van der Waals surface area contributed by atoms with Gasteiger partial charge in [-0.05, 0) is 205 Å². The third-order valence-corrected chi connectivity index (χ3v) is 22.5. The summed E-state index contributed by atoms with van der Waals surface area (Å²) in [6, 6.07) is 32.7. The number of allylic oxidation sites excluding steroid dienone is 2. The Balaban J connectivity index is 0.608. The number of hydroxylamine groups is 1. The third kappa shape index (κ3) is 26.9. The van der Waals surface area contributed by atoms with E-state index in [0.29, 0.717) is 38.0 Å². The zero-order valence-electron chi connectivity index (χ0n) is 62.3. The van der Waals surface area contributed by atoms with E-state index in [1.165, 1.54) is 148 Å². The van der Waals surface area contributed by atoms with E-state index in [9.17, 15) is 28.8 Å². The predicted octanol–water partition coefficient (Wildman–Crippen LogP) is 16.3. The van der Waals surface area contributed by atoms with Gasteiger partial charge in [-0.3, -0.25) is 14.4 Å². The number of unbranched alkanes of at least 4 members (excludes halogenated alkanes) is 14. The van der Waals surface area contributed by atoms with Gasteiger partial charge >= 0.3 is 23.9 Å². The summed E-state index contributed by atoms with van der Waals surface area (Å²) in [5, 5.41) is 6.08. The Kier molecular flexibility index (Phi) is 36.2. The molecule has 0 spiro atoms. The summed E-state index contributed by atoms with van der Waals surface area (Å²) >= 11 is 0. The smallest absolute Gasteiger partial charge is 0.338 e. The molecule has 0 aromatic heterocycles. The van der Waals surface area contributed by atoms with Crippen LogP contribution < -0.4 is 16.1 Å². The Bertz CT molecular complexity index is 3140. The summed E-state index contributed by atoms with van der Waals surface area (Å²) in [5.74, 6) is 3.43. The first-order valence-electron chi connectivity index (χ1n) is 40.0. The lowest BCUT2D eigenvalue weighted by Crippen LogP contribution is -2.63. The number of ether oxygens (including phenoxy) is 8. The van der Waals surface area contributed by atoms with Crippen molar-refractivity contribution in [1.82, 2.24) is 16.1 Å². The highest BCUT2D eigenvalue weighted by atomic mass is 16.7. The fourth-order valence-electron chi connectivity index (χ4n) is 17.0. The second-order valence-electron chi connectivity index (χ2n) is 29.7. The zero-order chi connectivity index (χ0) is 72.8. The predicted molar refractivity (Wildman–Crippen MR) is 401 cm³/mol. The van der Waals surface area contributed by atoms with E-state index in [1.807, 2.05) is 0 Å². The molecule has 18 heteroatoms. The van der Waals surface area contributed by atoms with E-state index < -0.39 is 61.2 Å². The van der Waals surface area contributed by atoms with E-state index in [4.69, 9.17) is 42.7 Å². The molecule has 4 aromatic carbocycles. The fourth-order valence-corrected chi connectivity index (χ4v) is 17.0. The number of carbonyl (C=O) groups is 6. The Hall–Kier alpha value is -6.80. The van der Waals surface area contributed by atoms with Gasteiger partial charge in [0.1, 0.15) is 12.7 Å². The molecule has 14 atom stereocenters. The standard InChI is InChI=1S/C86H121N3O15/c1-3-4-5-6-7-8-9-10-11-12-13-14-15-16-17-33-54-89-104-69-45-47-71-68(61-69)44-46-74-73(71)51-50-72-70(48-49-75(72)74)63(2)43-52-78(91)87-53-32-22-31-42-77(90)88-55-56-96-57-58-97-59-60-98-86-81(103-85(95)67-40-29-21-30-41-67)80(102-84(94)66-38-27-20-28-39-66)79(101-83(93)65-36-25-19-26-37-65)76(100-86)62-99-82(92)64-34-23-18-24-35-64/h10-11,18-21,23-30,34-41,63,68-76,79-81,86,89H,3-9,12-17,22,31-33,42-62H2,1-2H3,(H,87,91)(H,88,90)/b11-10-/t63-,68?,69-,70-,71?,72?,73?,74?,75?,76?,79-,80?,81?,86+/m1/s1. The molecular formula is C86H121N3O15. The molecular weight excluding hydrogens is 1310 g/mol. The lowest BCUT2D eigenvalue weighted by molar-refractivity contribution is -0.300. The van der Waals surface area contributed by atoms with Crippen LogP contribution in [-0.2, 0) is 52.3 Å². The third-order valence-electron chi connectivity index (χ3n) is 22.5. The minimum absolute atomic E-state index is 0.0227. The van der Waals surface area contributed by atoms with E-state index in [-0.39, 0.29) is 67.1 Å². The highest BCUT2D eigenvalue weighted by molar-refractivity contribution is 5.91. The van der Waals surface area contributed by atoms with Gasteiger partial charge in [-0.2, -0.15) is 0 Å². The summed E-state index contributed by atoms with van der Waals surface area (Å²) in [7, 11) is 0. The average Bonchev–Trinajstić information content (AvgIpc) is 1.57. The molecule has 9 unspecified atom stereocenters. The molecule has 2 amide bonds. The number of esters is 4. The van der Waals surface area contributed by atoms with Crippen molar-refractivity contribution < 1.29 is 71.5 Å². The maximum Gasteiger partial charge on any atom is 0.338 e. The minimum Gasteiger partial charge on any atom is -0.459 e. The van der Waals surface area contributed by atoms with Crippen molar-refractivity contribution in [1.29, 1.82) is 0 Å². The topological polar surface area (TPSA) is 222 Å². The number of carbonyl (C=O) groups excluding carboxylic acids is 6. The summed E-state index contributed by atoms with van der Waals surface area (Å²) < 4.78 is 48.3. The molecule has 1 saturated heterocycles. The van der Waals surface area contributed by atoms with Crippen molar-refractivity contribution in [2.75, 3.05) is 59.3 Å². The molecule has 104 heavy (non-hydrogen) atoms. The van der Waals surface area contributed by atoms with Gasteiger partial charge in [0.15, 0.2) is 24.6 Å². The SMILES string of the molecule is CCCCCCCC/C=C\CCCCCCCCNO[C@@H]1CCC2C(CCC3C2CCC2C3CC[C@@H]2[C@H](C)CCC(=O)NCCCCCC(=O)NCCOCCOCCO[C@H]2OC(COC(=O)c3ccccc3)[C@@H](OC(=O)c3ccccc3)C(OC(=O)c3ccccc3)C2OC(=O)c2ccccc2)C1. The fraction of sp³-hybridized carbons (Fsp3) is 0.628. The summed E-state index contributed by atoms with van der Waals surface area (Å²) in [6.45, 7) is 6.69. The van der Waals surface area contributed by atoms with E-state index in [2.05, 4.69) is 42.1 Å². The van der Waals surface area contributed by atoms with Crippen molar-refractivity contribution in [3.63, 3.8) is 0 Å². The number of rotatable bonds is 47. The largest absolute Gasteiger partial charge is 0.459 e. The molecule has 4 aliphatic carbocycles. The highest BCUT2D eigenvalue weighted by Crippen LogP contribution is 2.60. The average molecular weight is 1440 g/mol. The number of nitrogens with one attached hydrogen (secondary N) is 3. The van der Waals surface area contributed by atoms with Crippen molar-refractivity contribution >= 4 is 35.7 Å². The van der Waals surface area contributed by atoms with Gasteiger partial charge in [0.2, 0.25) is 11.8 Å². The van der Waals surface area contributed by atoms with Crippen LogP contribution in [0.25, 0.3) is 0 Å². The Morgan fingerprint density at radius 3 is 1.59 bits per heavy atom. The summed E-state index contributed by atoms with van der Waals surface area (Å²) in [6.07, 6.45) is 32.8. The maximum absolute atomic E-state index is 14.0. The van der Waals surface area contributed by atoms with Crippen LogP contribution in [0.2, 0.25) is 0 Å². The molecule has 9 rings (SSSR count). The quantitative estimate of drug-likeness (QED) is 0.0123. The molecule has 5 fully saturated rings. The first-order valence-corrected chi connectivity index (χ1v) is 40.0. The van der Waals surface area contributed by atoms with Crippen LogP contribution in [0.5, 0.6) is 0 Å². The van der Waals surface area contributed by atoms with Gasteiger partial charge in [0, 0.05) is 32.5 Å². The van der Waals surface area contributed by atoms with E-state index in [1.54, 1.807) is 121 Å². The maximum atomic E-state index is 14.0. The van der Waals surface area contributed by atoms with Gasteiger partial charge in [-0.1, -0.05) is 163 Å². The molecule has 0 radical (unpaired) electrons. The second-order valence-corrected chi connectivity index (χ2v) is 29.7. The first-order chi connectivity index (χ1) is 51.0. The van der Waals surface area contributed by atoms with Crippen LogP contribution in [-0.4, -0.2) is 132 Å². The molecule has 5 aliphatic rings. The number of hydrogen-bond acceptors (Lipinski definition) is 16. The molecule has 3 N–H and O–H groups in total. The van der Waals surface area contributed by atoms with Crippen molar-refractivity contribution in [2.24, 2.45) is 47.3 Å². The van der Waals surface area contributed by atoms with Gasteiger partial charge in [-0.15, -0.1) is 0 Å². The van der Waals surface area contributed by atoms with E-state index in [0.717, 1.165) is 73.7 Å². The van der Waals surface area contributed by atoms with Crippen LogP contribution in [0.3, 0.4) is 0 Å². The van der Waals surface area contributed by atoms with Crippen LogP contribution >= 0.6 is 0 Å². The number of hydrogen-bond donors (Lipinski definition) is 3. The van der Waals surface area contributed by atoms with Crippen LogP contribution in [0.4, 0.5) is 0 Å². The van der Waals surface area contributed by atoms with Crippen molar-refractivity contribution in [2.45, 2.75) is 237 Å². The van der Waals surface area contributed by atoms with Crippen molar-refractivity contribution in [3.05, 3.63) is 156 Å². The number of benzene rings is 4. The molecule has 0 bridgehead atoms.